The number of hydrogen-bond acceptors (Lipinski definition) is 5. The topological polar surface area (TPSA) is 67.1 Å². The van der Waals surface area contributed by atoms with Crippen molar-refractivity contribution in [1.82, 2.24) is 14.9 Å². The molecule has 3 rings (SSSR count). The van der Waals surface area contributed by atoms with E-state index in [9.17, 15) is 0 Å². The van der Waals surface area contributed by atoms with E-state index in [1.54, 1.807) is 0 Å². The fraction of sp³-hybridized carbons (Fsp3) is 0.615. The van der Waals surface area contributed by atoms with Gasteiger partial charge in [0.25, 0.3) is 0 Å². The summed E-state index contributed by atoms with van der Waals surface area (Å²) < 4.78 is 0. The van der Waals surface area contributed by atoms with E-state index in [-0.39, 0.29) is 0 Å². The van der Waals surface area contributed by atoms with Gasteiger partial charge in [0.05, 0.1) is 0 Å². The van der Waals surface area contributed by atoms with Gasteiger partial charge in [0, 0.05) is 24.3 Å². The van der Waals surface area contributed by atoms with Gasteiger partial charge in [-0.05, 0) is 38.8 Å². The summed E-state index contributed by atoms with van der Waals surface area (Å²) in [5.41, 5.74) is 7.19. The Morgan fingerprint density at radius 1 is 1.42 bits per heavy atom. The number of thiocarbonyl (C=S) groups is 1. The molecule has 0 amide bonds. The maximum Gasteiger partial charge on any atom is 0.223 e. The van der Waals surface area contributed by atoms with Gasteiger partial charge in [-0.25, -0.2) is 9.97 Å². The molecule has 2 atom stereocenters. The Morgan fingerprint density at radius 3 is 3.05 bits per heavy atom. The number of aromatic nitrogens is 2. The summed E-state index contributed by atoms with van der Waals surface area (Å²) in [5, 5.41) is 3.47. The number of hydrogen-bond donors (Lipinski definition) is 2. The van der Waals surface area contributed by atoms with Crippen LogP contribution in [-0.4, -0.2) is 45.0 Å². The Morgan fingerprint density at radius 2 is 2.26 bits per heavy atom. The van der Waals surface area contributed by atoms with Gasteiger partial charge in [-0.2, -0.15) is 0 Å². The fourth-order valence-corrected chi connectivity index (χ4v) is 3.28. The van der Waals surface area contributed by atoms with Crippen molar-refractivity contribution in [2.24, 2.45) is 5.73 Å². The first kappa shape index (κ1) is 12.7. The molecule has 0 saturated carbocycles. The van der Waals surface area contributed by atoms with Crippen molar-refractivity contribution in [2.45, 2.75) is 38.3 Å². The maximum absolute atomic E-state index is 5.65. The van der Waals surface area contributed by atoms with E-state index in [4.69, 9.17) is 18.0 Å². The number of aryl methyl sites for hydroxylation is 1. The van der Waals surface area contributed by atoms with Crippen LogP contribution in [0.3, 0.4) is 0 Å². The molecule has 2 aliphatic heterocycles. The lowest BCUT2D eigenvalue weighted by molar-refractivity contribution is 0.318. The molecular weight excluding hydrogens is 258 g/mol. The molecule has 0 aliphatic carbocycles. The van der Waals surface area contributed by atoms with E-state index in [1.165, 1.54) is 25.9 Å². The molecule has 1 aromatic heterocycles. The summed E-state index contributed by atoms with van der Waals surface area (Å²) in [5.74, 6) is 0.654. The number of anilines is 1. The van der Waals surface area contributed by atoms with E-state index in [1.807, 2.05) is 13.0 Å². The standard InChI is InChI=1S/C13H19N5S/c1-8-7-10(12(14)19)17-13(15-8)16-9-4-6-18-5-2-3-11(9)18/h7,9,11H,2-6H2,1H3,(H2,14,19)(H,15,16,17). The zero-order valence-electron chi connectivity index (χ0n) is 11.1. The summed E-state index contributed by atoms with van der Waals surface area (Å²) in [6.07, 6.45) is 3.73. The minimum absolute atomic E-state index is 0.322. The lowest BCUT2D eigenvalue weighted by Gasteiger charge is -2.21. The van der Waals surface area contributed by atoms with Crippen LogP contribution in [-0.2, 0) is 0 Å². The van der Waals surface area contributed by atoms with E-state index < -0.39 is 0 Å². The van der Waals surface area contributed by atoms with Crippen molar-refractivity contribution in [3.05, 3.63) is 17.5 Å². The molecule has 5 nitrogen and oxygen atoms in total. The molecule has 2 saturated heterocycles. The molecule has 19 heavy (non-hydrogen) atoms. The number of fused-ring (bicyclic) bond motifs is 1. The van der Waals surface area contributed by atoms with Crippen LogP contribution in [0.15, 0.2) is 6.07 Å². The zero-order valence-corrected chi connectivity index (χ0v) is 11.9. The Labute approximate surface area is 118 Å². The average Bonchev–Trinajstić information content (AvgIpc) is 2.93. The van der Waals surface area contributed by atoms with Gasteiger partial charge in [-0.15, -0.1) is 0 Å². The molecule has 3 N–H and O–H groups in total. The number of nitrogens with two attached hydrogens (primary N) is 1. The van der Waals surface area contributed by atoms with E-state index >= 15 is 0 Å². The summed E-state index contributed by atoms with van der Waals surface area (Å²) in [6, 6.07) is 2.91. The van der Waals surface area contributed by atoms with Crippen molar-refractivity contribution < 1.29 is 0 Å². The lowest BCUT2D eigenvalue weighted by atomic mass is 10.1. The molecule has 0 bridgehead atoms. The smallest absolute Gasteiger partial charge is 0.223 e. The first-order valence-electron chi connectivity index (χ1n) is 6.79. The van der Waals surface area contributed by atoms with E-state index in [0.717, 1.165) is 12.1 Å². The predicted molar refractivity (Wildman–Crippen MR) is 79.3 cm³/mol. The van der Waals surface area contributed by atoms with Crippen molar-refractivity contribution >= 4 is 23.2 Å². The summed E-state index contributed by atoms with van der Waals surface area (Å²) in [7, 11) is 0. The molecule has 102 valence electrons. The summed E-state index contributed by atoms with van der Waals surface area (Å²) in [6.45, 7) is 4.34. The highest BCUT2D eigenvalue weighted by molar-refractivity contribution is 7.80. The quantitative estimate of drug-likeness (QED) is 0.806. The van der Waals surface area contributed by atoms with Crippen LogP contribution in [0, 0.1) is 6.92 Å². The van der Waals surface area contributed by atoms with Gasteiger partial charge in [0.15, 0.2) is 0 Å². The van der Waals surface area contributed by atoms with Crippen LogP contribution in [0.1, 0.15) is 30.7 Å². The molecule has 2 fully saturated rings. The Balaban J connectivity index is 1.78. The normalized spacial score (nSPS) is 26.4. The highest BCUT2D eigenvalue weighted by atomic mass is 32.1. The molecule has 6 heteroatoms. The van der Waals surface area contributed by atoms with E-state index in [0.29, 0.717) is 28.7 Å². The minimum atomic E-state index is 0.322. The number of nitrogens with one attached hydrogen (secondary N) is 1. The van der Waals surface area contributed by atoms with Gasteiger partial charge in [0.2, 0.25) is 5.95 Å². The third-order valence-electron chi connectivity index (χ3n) is 4.03. The summed E-state index contributed by atoms with van der Waals surface area (Å²) in [4.78, 5) is 11.7. The molecular formula is C13H19N5S. The van der Waals surface area contributed by atoms with Crippen molar-refractivity contribution in [3.8, 4) is 0 Å². The third-order valence-corrected chi connectivity index (χ3v) is 4.24. The van der Waals surface area contributed by atoms with Crippen molar-refractivity contribution in [3.63, 3.8) is 0 Å². The average molecular weight is 277 g/mol. The fourth-order valence-electron chi connectivity index (χ4n) is 3.18. The van der Waals surface area contributed by atoms with Gasteiger partial charge in [-0.1, -0.05) is 12.2 Å². The highest BCUT2D eigenvalue weighted by Gasteiger charge is 2.37. The Hall–Kier alpha value is -1.27. The van der Waals surface area contributed by atoms with Gasteiger partial charge < -0.3 is 11.1 Å². The number of rotatable bonds is 3. The Bertz CT molecular complexity index is 504. The van der Waals surface area contributed by atoms with Gasteiger partial charge in [0.1, 0.15) is 10.7 Å². The second-order valence-corrected chi connectivity index (χ2v) is 5.81. The Kier molecular flexibility index (Phi) is 3.36. The molecule has 3 heterocycles. The second-order valence-electron chi connectivity index (χ2n) is 5.37. The maximum atomic E-state index is 5.65. The first-order valence-corrected chi connectivity index (χ1v) is 7.20. The van der Waals surface area contributed by atoms with E-state index in [2.05, 4.69) is 20.2 Å². The van der Waals surface area contributed by atoms with Crippen LogP contribution in [0.4, 0.5) is 5.95 Å². The summed E-state index contributed by atoms with van der Waals surface area (Å²) >= 11 is 4.99. The highest BCUT2D eigenvalue weighted by Crippen LogP contribution is 2.29. The molecule has 0 radical (unpaired) electrons. The zero-order chi connectivity index (χ0) is 13.4. The molecule has 2 aliphatic rings. The van der Waals surface area contributed by atoms with Gasteiger partial charge >= 0.3 is 0 Å². The van der Waals surface area contributed by atoms with Crippen molar-refractivity contribution in [1.29, 1.82) is 0 Å². The molecule has 0 aromatic carbocycles. The van der Waals surface area contributed by atoms with Crippen LogP contribution in [0.2, 0.25) is 0 Å². The van der Waals surface area contributed by atoms with Crippen LogP contribution in [0.25, 0.3) is 0 Å². The van der Waals surface area contributed by atoms with Crippen LogP contribution >= 0.6 is 12.2 Å². The number of nitrogens with zero attached hydrogens (tertiary/aromatic N) is 3. The first-order chi connectivity index (χ1) is 9.13. The van der Waals surface area contributed by atoms with Crippen molar-refractivity contribution in [2.75, 3.05) is 18.4 Å². The lowest BCUT2D eigenvalue weighted by Crippen LogP contribution is -2.34. The van der Waals surface area contributed by atoms with Gasteiger partial charge in [-0.3, -0.25) is 4.90 Å². The SMILES string of the molecule is Cc1cc(C(N)=S)nc(NC2CCN3CCCC23)n1. The monoisotopic (exact) mass is 277 g/mol. The van der Waals surface area contributed by atoms with Crippen LogP contribution < -0.4 is 11.1 Å². The second kappa shape index (κ2) is 5.02. The molecule has 2 unspecified atom stereocenters. The third kappa shape index (κ3) is 2.55. The molecule has 0 spiro atoms. The minimum Gasteiger partial charge on any atom is -0.388 e. The van der Waals surface area contributed by atoms with Crippen LogP contribution in [0.5, 0.6) is 0 Å². The predicted octanol–water partition coefficient (Wildman–Crippen LogP) is 1.07. The largest absolute Gasteiger partial charge is 0.388 e. The molecule has 1 aromatic rings.